The van der Waals surface area contributed by atoms with Gasteiger partial charge in [-0.25, -0.2) is 4.79 Å². The molecule has 0 atom stereocenters. The van der Waals surface area contributed by atoms with Gasteiger partial charge in [0.15, 0.2) is 0 Å². The number of alkyl halides is 6. The lowest BCUT2D eigenvalue weighted by molar-refractivity contribution is -0.255. The van der Waals surface area contributed by atoms with Gasteiger partial charge in [0.2, 0.25) is 6.04 Å². The molecule has 96 valence electrons. The van der Waals surface area contributed by atoms with Crippen LogP contribution in [0.5, 0.6) is 0 Å². The minimum Gasteiger partial charge on any atom is -0.338 e. The lowest BCUT2D eigenvalue weighted by atomic mass is 10.3. The van der Waals surface area contributed by atoms with Crippen LogP contribution in [-0.2, 0) is 0 Å². The Bertz CT molecular complexity index is 222. The van der Waals surface area contributed by atoms with Crippen molar-refractivity contribution in [2.45, 2.75) is 31.7 Å². The molecule has 0 aliphatic rings. The fourth-order valence-electron chi connectivity index (χ4n) is 0.770. The molecule has 2 N–H and O–H groups in total. The average molecular weight is 252 g/mol. The second kappa shape index (κ2) is 5.26. The summed E-state index contributed by atoms with van der Waals surface area (Å²) in [4.78, 5) is 10.7. The minimum absolute atomic E-state index is 0.00569. The molecule has 0 saturated carbocycles. The maximum Gasteiger partial charge on any atom is 0.417 e. The van der Waals surface area contributed by atoms with E-state index in [0.717, 1.165) is 5.32 Å². The van der Waals surface area contributed by atoms with Gasteiger partial charge in [-0.3, -0.25) is 0 Å². The van der Waals surface area contributed by atoms with E-state index in [0.29, 0.717) is 6.42 Å². The summed E-state index contributed by atoms with van der Waals surface area (Å²) in [6.45, 7) is 1.60. The molecule has 0 unspecified atom stereocenters. The normalized spacial score (nSPS) is 12.8. The zero-order valence-corrected chi connectivity index (χ0v) is 8.17. The maximum atomic E-state index is 11.9. The van der Waals surface area contributed by atoms with Gasteiger partial charge in [-0.1, -0.05) is 6.92 Å². The van der Waals surface area contributed by atoms with E-state index in [1.165, 1.54) is 0 Å². The van der Waals surface area contributed by atoms with E-state index < -0.39 is 24.4 Å². The molecule has 0 aromatic rings. The standard InChI is InChI=1S/C7H10F6N2O/c1-2-3-14-5(16)15-4(6(8,9)10)7(11,12)13/h4H,2-3H2,1H3,(H2,14,15,16). The fourth-order valence-corrected chi connectivity index (χ4v) is 0.770. The Morgan fingerprint density at radius 3 is 1.88 bits per heavy atom. The predicted molar refractivity (Wildman–Crippen MR) is 42.7 cm³/mol. The minimum atomic E-state index is -5.57. The first-order chi connectivity index (χ1) is 7.09. The monoisotopic (exact) mass is 252 g/mol. The number of carbonyl (C=O) groups excluding carboxylic acids is 1. The fraction of sp³-hybridized carbons (Fsp3) is 0.857. The summed E-state index contributed by atoms with van der Waals surface area (Å²) >= 11 is 0. The van der Waals surface area contributed by atoms with Crippen LogP contribution in [0.2, 0.25) is 0 Å². The van der Waals surface area contributed by atoms with Crippen molar-refractivity contribution in [1.29, 1.82) is 0 Å². The molecule has 3 nitrogen and oxygen atoms in total. The number of carbonyl (C=O) groups is 1. The predicted octanol–water partition coefficient (Wildman–Crippen LogP) is 2.19. The zero-order valence-electron chi connectivity index (χ0n) is 8.17. The molecule has 0 heterocycles. The molecule has 0 rings (SSSR count). The number of hydrogen-bond acceptors (Lipinski definition) is 1. The Labute approximate surface area is 87.2 Å². The van der Waals surface area contributed by atoms with Gasteiger partial charge in [0, 0.05) is 6.54 Å². The highest BCUT2D eigenvalue weighted by molar-refractivity contribution is 5.74. The molecule has 16 heavy (non-hydrogen) atoms. The number of halogens is 6. The number of nitrogens with one attached hydrogen (secondary N) is 2. The van der Waals surface area contributed by atoms with Gasteiger partial charge < -0.3 is 10.6 Å². The number of rotatable bonds is 3. The topological polar surface area (TPSA) is 41.1 Å². The summed E-state index contributed by atoms with van der Waals surface area (Å²) in [5, 5.41) is 2.69. The van der Waals surface area contributed by atoms with E-state index in [1.54, 1.807) is 6.92 Å². The Morgan fingerprint density at radius 2 is 1.56 bits per heavy atom. The summed E-state index contributed by atoms with van der Waals surface area (Å²) in [5.41, 5.74) is 0. The third-order valence-corrected chi connectivity index (χ3v) is 1.47. The van der Waals surface area contributed by atoms with E-state index in [-0.39, 0.29) is 6.54 Å². The van der Waals surface area contributed by atoms with Crippen molar-refractivity contribution < 1.29 is 31.1 Å². The quantitative estimate of drug-likeness (QED) is 0.743. The van der Waals surface area contributed by atoms with Crippen molar-refractivity contribution in [3.63, 3.8) is 0 Å². The molecule has 0 aliphatic heterocycles. The summed E-state index contributed by atoms with van der Waals surface area (Å²) in [6.07, 6.45) is -10.7. The Morgan fingerprint density at radius 1 is 1.12 bits per heavy atom. The van der Waals surface area contributed by atoms with Crippen LogP contribution in [0.3, 0.4) is 0 Å². The van der Waals surface area contributed by atoms with Crippen molar-refractivity contribution in [2.75, 3.05) is 6.54 Å². The molecular weight excluding hydrogens is 242 g/mol. The summed E-state index contributed by atoms with van der Waals surface area (Å²) in [5.74, 6) is 0. The lowest BCUT2D eigenvalue weighted by Gasteiger charge is -2.23. The van der Waals surface area contributed by atoms with Crippen molar-refractivity contribution >= 4 is 6.03 Å². The van der Waals surface area contributed by atoms with Crippen LogP contribution in [0.4, 0.5) is 31.1 Å². The van der Waals surface area contributed by atoms with E-state index in [4.69, 9.17) is 0 Å². The van der Waals surface area contributed by atoms with Crippen LogP contribution in [-0.4, -0.2) is 31.0 Å². The smallest absolute Gasteiger partial charge is 0.338 e. The molecule has 0 aromatic carbocycles. The first kappa shape index (κ1) is 14.8. The van der Waals surface area contributed by atoms with Gasteiger partial charge in [0.25, 0.3) is 0 Å². The second-order valence-corrected chi connectivity index (χ2v) is 2.92. The highest BCUT2D eigenvalue weighted by Gasteiger charge is 2.57. The van der Waals surface area contributed by atoms with Crippen LogP contribution >= 0.6 is 0 Å². The molecule has 0 saturated heterocycles. The van der Waals surface area contributed by atoms with Crippen LogP contribution < -0.4 is 10.6 Å². The molecule has 0 aromatic heterocycles. The van der Waals surface area contributed by atoms with Gasteiger partial charge in [-0.15, -0.1) is 0 Å². The van der Waals surface area contributed by atoms with Gasteiger partial charge in [-0.2, -0.15) is 26.3 Å². The lowest BCUT2D eigenvalue weighted by Crippen LogP contribution is -2.56. The number of amides is 2. The summed E-state index contributed by atoms with van der Waals surface area (Å²) < 4.78 is 71.6. The number of hydrogen-bond donors (Lipinski definition) is 2. The van der Waals surface area contributed by atoms with Gasteiger partial charge in [0.1, 0.15) is 0 Å². The largest absolute Gasteiger partial charge is 0.417 e. The van der Waals surface area contributed by atoms with Gasteiger partial charge in [-0.05, 0) is 6.42 Å². The molecule has 0 aliphatic carbocycles. The first-order valence-electron chi connectivity index (χ1n) is 4.26. The van der Waals surface area contributed by atoms with Crippen LogP contribution in [0.25, 0.3) is 0 Å². The van der Waals surface area contributed by atoms with Crippen molar-refractivity contribution in [3.05, 3.63) is 0 Å². The zero-order chi connectivity index (χ0) is 13.0. The maximum absolute atomic E-state index is 11.9. The van der Waals surface area contributed by atoms with Gasteiger partial charge >= 0.3 is 18.4 Å². The highest BCUT2D eigenvalue weighted by Crippen LogP contribution is 2.32. The Hall–Kier alpha value is -1.15. The molecular formula is C7H10F6N2O. The first-order valence-corrected chi connectivity index (χ1v) is 4.26. The highest BCUT2D eigenvalue weighted by atomic mass is 19.4. The van der Waals surface area contributed by atoms with Crippen molar-refractivity contribution in [2.24, 2.45) is 0 Å². The third-order valence-electron chi connectivity index (χ3n) is 1.47. The Kier molecular flexibility index (Phi) is 4.88. The second-order valence-electron chi connectivity index (χ2n) is 2.92. The Balaban J connectivity index is 4.52. The van der Waals surface area contributed by atoms with Crippen molar-refractivity contribution in [1.82, 2.24) is 10.6 Å². The average Bonchev–Trinajstić information content (AvgIpc) is 2.07. The SMILES string of the molecule is CCCNC(=O)NC(C(F)(F)F)C(F)(F)F. The third kappa shape index (κ3) is 5.08. The van der Waals surface area contributed by atoms with Crippen molar-refractivity contribution in [3.8, 4) is 0 Å². The van der Waals surface area contributed by atoms with E-state index in [9.17, 15) is 31.1 Å². The van der Waals surface area contributed by atoms with Crippen LogP contribution in [0, 0.1) is 0 Å². The van der Waals surface area contributed by atoms with Crippen LogP contribution in [0.15, 0.2) is 0 Å². The molecule has 0 fully saturated rings. The molecule has 0 spiro atoms. The van der Waals surface area contributed by atoms with E-state index in [2.05, 4.69) is 0 Å². The van der Waals surface area contributed by atoms with Crippen LogP contribution in [0.1, 0.15) is 13.3 Å². The molecule has 2 amide bonds. The van der Waals surface area contributed by atoms with Gasteiger partial charge in [0.05, 0.1) is 0 Å². The molecule has 9 heteroatoms. The van der Waals surface area contributed by atoms with E-state index in [1.807, 2.05) is 5.32 Å². The summed E-state index contributed by atoms with van der Waals surface area (Å²) in [7, 11) is 0. The number of urea groups is 1. The molecule has 0 radical (unpaired) electrons. The van der Waals surface area contributed by atoms with E-state index >= 15 is 0 Å². The molecule has 0 bridgehead atoms. The summed E-state index contributed by atoms with van der Waals surface area (Å²) in [6, 6.07) is -5.35.